The highest BCUT2D eigenvalue weighted by molar-refractivity contribution is 8.00. The Bertz CT molecular complexity index is 825. The van der Waals surface area contributed by atoms with Crippen molar-refractivity contribution in [3.8, 4) is 0 Å². The fraction of sp³-hybridized carbons (Fsp3) is 0.316. The normalized spacial score (nSPS) is 12.5. The number of aromatic nitrogens is 2. The standard InChI is InChI=1S/C19H21N3O2S/c1-4-16(25-19-22-17-15(24-19)6-5-11-20-17)18(23)21-14-9-7-13(8-10-14)12(2)3/h5-12,16H,4H2,1-3H3,(H,21,23). The minimum Gasteiger partial charge on any atom is -0.430 e. The first kappa shape index (κ1) is 17.5. The number of hydrogen-bond donors (Lipinski definition) is 1. The summed E-state index contributed by atoms with van der Waals surface area (Å²) in [6.07, 6.45) is 2.34. The molecule has 1 aromatic carbocycles. The van der Waals surface area contributed by atoms with E-state index in [-0.39, 0.29) is 11.2 Å². The van der Waals surface area contributed by atoms with E-state index < -0.39 is 0 Å². The van der Waals surface area contributed by atoms with Gasteiger partial charge in [-0.05, 0) is 42.2 Å². The Morgan fingerprint density at radius 1 is 1.24 bits per heavy atom. The van der Waals surface area contributed by atoms with E-state index in [2.05, 4.69) is 29.1 Å². The van der Waals surface area contributed by atoms with Crippen LogP contribution >= 0.6 is 11.8 Å². The molecule has 0 aliphatic heterocycles. The van der Waals surface area contributed by atoms with E-state index in [1.807, 2.05) is 37.3 Å². The van der Waals surface area contributed by atoms with Crippen LogP contribution in [0.4, 0.5) is 5.69 Å². The molecule has 2 aromatic heterocycles. The van der Waals surface area contributed by atoms with Crippen molar-refractivity contribution in [2.45, 2.75) is 43.6 Å². The minimum absolute atomic E-state index is 0.0555. The lowest BCUT2D eigenvalue weighted by Gasteiger charge is -2.13. The number of anilines is 1. The highest BCUT2D eigenvalue weighted by Gasteiger charge is 2.21. The average Bonchev–Trinajstić information content (AvgIpc) is 3.02. The maximum Gasteiger partial charge on any atom is 0.259 e. The van der Waals surface area contributed by atoms with Gasteiger partial charge in [0.25, 0.3) is 5.22 Å². The van der Waals surface area contributed by atoms with Gasteiger partial charge in [-0.3, -0.25) is 4.79 Å². The van der Waals surface area contributed by atoms with E-state index in [9.17, 15) is 4.79 Å². The Kier molecular flexibility index (Phi) is 5.38. The molecular weight excluding hydrogens is 334 g/mol. The summed E-state index contributed by atoms with van der Waals surface area (Å²) in [5, 5.41) is 3.15. The topological polar surface area (TPSA) is 68.0 Å². The third kappa shape index (κ3) is 4.20. The molecule has 130 valence electrons. The molecule has 6 heteroatoms. The van der Waals surface area contributed by atoms with Gasteiger partial charge in [-0.25, -0.2) is 4.98 Å². The SMILES string of the molecule is CCC(Sc1nc2ncccc2o1)C(=O)Nc1ccc(C(C)C)cc1. The first-order valence-electron chi connectivity index (χ1n) is 8.36. The molecule has 0 saturated heterocycles. The Balaban J connectivity index is 1.68. The molecule has 25 heavy (non-hydrogen) atoms. The van der Waals surface area contributed by atoms with Crippen molar-refractivity contribution >= 4 is 34.6 Å². The van der Waals surface area contributed by atoms with Gasteiger partial charge in [-0.2, -0.15) is 4.98 Å². The molecule has 2 heterocycles. The van der Waals surface area contributed by atoms with Crippen molar-refractivity contribution in [1.82, 2.24) is 9.97 Å². The molecule has 1 atom stereocenters. The van der Waals surface area contributed by atoms with E-state index in [1.54, 1.807) is 12.3 Å². The second kappa shape index (κ2) is 7.70. The number of carbonyl (C=O) groups excluding carboxylic acids is 1. The summed E-state index contributed by atoms with van der Waals surface area (Å²) in [7, 11) is 0. The molecule has 0 spiro atoms. The van der Waals surface area contributed by atoms with Gasteiger partial charge in [0.2, 0.25) is 5.91 Å². The van der Waals surface area contributed by atoms with Crippen molar-refractivity contribution in [3.63, 3.8) is 0 Å². The van der Waals surface area contributed by atoms with Crippen molar-refractivity contribution in [1.29, 1.82) is 0 Å². The quantitative estimate of drug-likeness (QED) is 0.640. The lowest BCUT2D eigenvalue weighted by Crippen LogP contribution is -2.24. The van der Waals surface area contributed by atoms with Crippen LogP contribution < -0.4 is 5.32 Å². The van der Waals surface area contributed by atoms with Crippen molar-refractivity contribution < 1.29 is 9.21 Å². The molecule has 0 saturated carbocycles. The number of rotatable bonds is 6. The van der Waals surface area contributed by atoms with E-state index in [0.29, 0.717) is 28.8 Å². The van der Waals surface area contributed by atoms with E-state index >= 15 is 0 Å². The maximum absolute atomic E-state index is 12.6. The van der Waals surface area contributed by atoms with E-state index in [1.165, 1.54) is 17.3 Å². The zero-order valence-corrected chi connectivity index (χ0v) is 15.3. The number of pyridine rings is 1. The molecule has 0 fully saturated rings. The predicted molar refractivity (Wildman–Crippen MR) is 101 cm³/mol. The van der Waals surface area contributed by atoms with Crippen LogP contribution in [0, 0.1) is 0 Å². The third-order valence-corrected chi connectivity index (χ3v) is 5.10. The summed E-state index contributed by atoms with van der Waals surface area (Å²) in [6, 6.07) is 11.6. The van der Waals surface area contributed by atoms with Gasteiger partial charge in [0.15, 0.2) is 11.2 Å². The van der Waals surface area contributed by atoms with Crippen molar-refractivity contribution in [2.24, 2.45) is 0 Å². The van der Waals surface area contributed by atoms with Gasteiger partial charge in [-0.1, -0.05) is 44.7 Å². The van der Waals surface area contributed by atoms with Crippen LogP contribution in [0.25, 0.3) is 11.2 Å². The van der Waals surface area contributed by atoms with Crippen LogP contribution in [-0.2, 0) is 4.79 Å². The molecule has 0 aliphatic rings. The summed E-state index contributed by atoms with van der Waals surface area (Å²) < 4.78 is 5.65. The lowest BCUT2D eigenvalue weighted by atomic mass is 10.0. The van der Waals surface area contributed by atoms with E-state index in [4.69, 9.17) is 4.42 Å². The Labute approximate surface area is 151 Å². The number of thioether (sulfide) groups is 1. The first-order chi connectivity index (χ1) is 12.1. The summed E-state index contributed by atoms with van der Waals surface area (Å²) >= 11 is 1.32. The van der Waals surface area contributed by atoms with Crippen LogP contribution in [0.2, 0.25) is 0 Å². The highest BCUT2D eigenvalue weighted by Crippen LogP contribution is 2.28. The van der Waals surface area contributed by atoms with Crippen LogP contribution in [0.15, 0.2) is 52.2 Å². The highest BCUT2D eigenvalue weighted by atomic mass is 32.2. The fourth-order valence-corrected chi connectivity index (χ4v) is 3.27. The molecule has 0 aliphatic carbocycles. The summed E-state index contributed by atoms with van der Waals surface area (Å²) in [5.74, 6) is 0.413. The molecule has 1 unspecified atom stereocenters. The third-order valence-electron chi connectivity index (χ3n) is 3.90. The molecule has 1 N–H and O–H groups in total. The van der Waals surface area contributed by atoms with Gasteiger partial charge in [-0.15, -0.1) is 0 Å². The second-order valence-electron chi connectivity index (χ2n) is 6.09. The summed E-state index contributed by atoms with van der Waals surface area (Å²) in [6.45, 7) is 6.26. The number of fused-ring (bicyclic) bond motifs is 1. The number of nitrogens with zero attached hydrogens (tertiary/aromatic N) is 2. The Morgan fingerprint density at radius 3 is 2.64 bits per heavy atom. The molecule has 1 amide bonds. The second-order valence-corrected chi connectivity index (χ2v) is 7.24. The molecule has 5 nitrogen and oxygen atoms in total. The zero-order chi connectivity index (χ0) is 17.8. The number of oxazole rings is 1. The fourth-order valence-electron chi connectivity index (χ4n) is 2.42. The smallest absolute Gasteiger partial charge is 0.259 e. The van der Waals surface area contributed by atoms with Crippen molar-refractivity contribution in [3.05, 3.63) is 48.2 Å². The van der Waals surface area contributed by atoms with Gasteiger partial charge >= 0.3 is 0 Å². The summed E-state index contributed by atoms with van der Waals surface area (Å²) in [4.78, 5) is 21.0. The number of nitrogens with one attached hydrogen (secondary N) is 1. The Morgan fingerprint density at radius 2 is 2.00 bits per heavy atom. The van der Waals surface area contributed by atoms with E-state index in [0.717, 1.165) is 5.69 Å². The lowest BCUT2D eigenvalue weighted by molar-refractivity contribution is -0.115. The number of hydrogen-bond acceptors (Lipinski definition) is 5. The monoisotopic (exact) mass is 355 g/mol. The number of carbonyl (C=O) groups is 1. The largest absolute Gasteiger partial charge is 0.430 e. The van der Waals surface area contributed by atoms with Crippen LogP contribution in [0.1, 0.15) is 38.7 Å². The maximum atomic E-state index is 12.6. The Hall–Kier alpha value is -2.34. The average molecular weight is 355 g/mol. The van der Waals surface area contributed by atoms with Crippen LogP contribution in [0.5, 0.6) is 0 Å². The summed E-state index contributed by atoms with van der Waals surface area (Å²) in [5.41, 5.74) is 3.24. The molecule has 0 radical (unpaired) electrons. The van der Waals surface area contributed by atoms with Crippen LogP contribution in [0.3, 0.4) is 0 Å². The van der Waals surface area contributed by atoms with Crippen molar-refractivity contribution in [2.75, 3.05) is 5.32 Å². The van der Waals surface area contributed by atoms with Gasteiger partial charge in [0, 0.05) is 11.9 Å². The predicted octanol–water partition coefficient (Wildman–Crippen LogP) is 4.86. The number of amides is 1. The molecular formula is C19H21N3O2S. The van der Waals surface area contributed by atoms with Crippen LogP contribution in [-0.4, -0.2) is 21.1 Å². The van der Waals surface area contributed by atoms with Gasteiger partial charge in [0.05, 0.1) is 5.25 Å². The number of benzene rings is 1. The molecule has 3 aromatic rings. The minimum atomic E-state index is -0.280. The molecule has 0 bridgehead atoms. The zero-order valence-electron chi connectivity index (χ0n) is 14.5. The van der Waals surface area contributed by atoms with Gasteiger partial charge in [0.1, 0.15) is 0 Å². The first-order valence-corrected chi connectivity index (χ1v) is 9.23. The molecule has 3 rings (SSSR count). The van der Waals surface area contributed by atoms with Gasteiger partial charge < -0.3 is 9.73 Å².